The van der Waals surface area contributed by atoms with Crippen LogP contribution in [0.5, 0.6) is 0 Å². The molecule has 1 aromatic heterocycles. The molecule has 0 saturated carbocycles. The van der Waals surface area contributed by atoms with E-state index in [-0.39, 0.29) is 5.91 Å². The first-order chi connectivity index (χ1) is 12.1. The molecule has 0 spiro atoms. The number of amides is 1. The van der Waals surface area contributed by atoms with Gasteiger partial charge in [0.1, 0.15) is 5.82 Å². The van der Waals surface area contributed by atoms with Crippen LogP contribution in [0.4, 0.5) is 11.5 Å². The molecular formula is C19H15Cl2N3O. The van der Waals surface area contributed by atoms with Gasteiger partial charge in [-0.05, 0) is 35.9 Å². The molecule has 0 aliphatic heterocycles. The van der Waals surface area contributed by atoms with Gasteiger partial charge in [-0.1, -0.05) is 53.5 Å². The molecule has 6 heteroatoms. The topological polar surface area (TPSA) is 54.0 Å². The van der Waals surface area contributed by atoms with E-state index in [9.17, 15) is 4.79 Å². The highest BCUT2D eigenvalue weighted by atomic mass is 35.5. The average Bonchev–Trinajstić information content (AvgIpc) is 2.63. The van der Waals surface area contributed by atoms with Crippen LogP contribution in [0.15, 0.2) is 66.9 Å². The van der Waals surface area contributed by atoms with Gasteiger partial charge < -0.3 is 10.6 Å². The number of rotatable bonds is 5. The summed E-state index contributed by atoms with van der Waals surface area (Å²) in [5.74, 6) is 0.355. The SMILES string of the molecule is O=C(NCc1ccccc1)c1ccnc(Nc2ccc(Cl)cc2Cl)c1. The van der Waals surface area contributed by atoms with Gasteiger partial charge in [0.15, 0.2) is 0 Å². The number of hydrogen-bond acceptors (Lipinski definition) is 3. The highest BCUT2D eigenvalue weighted by Crippen LogP contribution is 2.27. The van der Waals surface area contributed by atoms with Crippen molar-refractivity contribution in [3.63, 3.8) is 0 Å². The Bertz CT molecular complexity index is 885. The summed E-state index contributed by atoms with van der Waals surface area (Å²) in [6.45, 7) is 0.466. The lowest BCUT2D eigenvalue weighted by Gasteiger charge is -2.10. The molecule has 0 atom stereocenters. The number of carbonyl (C=O) groups is 1. The quantitative estimate of drug-likeness (QED) is 0.658. The minimum atomic E-state index is -0.170. The number of benzene rings is 2. The second kappa shape index (κ2) is 8.01. The molecule has 0 aliphatic carbocycles. The number of hydrogen-bond donors (Lipinski definition) is 2. The van der Waals surface area contributed by atoms with Crippen molar-refractivity contribution in [1.29, 1.82) is 0 Å². The molecular weight excluding hydrogens is 357 g/mol. The largest absolute Gasteiger partial charge is 0.348 e. The van der Waals surface area contributed by atoms with Crippen molar-refractivity contribution in [2.75, 3.05) is 5.32 Å². The predicted molar refractivity (Wildman–Crippen MR) is 102 cm³/mol. The third-order valence-corrected chi connectivity index (χ3v) is 4.06. The Balaban J connectivity index is 1.69. The zero-order valence-electron chi connectivity index (χ0n) is 13.2. The number of carbonyl (C=O) groups excluding carboxylic acids is 1. The fraction of sp³-hybridized carbons (Fsp3) is 0.0526. The number of nitrogens with zero attached hydrogens (tertiary/aromatic N) is 1. The maximum absolute atomic E-state index is 12.3. The molecule has 0 aliphatic rings. The summed E-state index contributed by atoms with van der Waals surface area (Å²) in [6, 6.07) is 18.2. The normalized spacial score (nSPS) is 10.3. The third kappa shape index (κ3) is 4.72. The van der Waals surface area contributed by atoms with E-state index in [1.54, 1.807) is 36.5 Å². The van der Waals surface area contributed by atoms with Gasteiger partial charge in [0.2, 0.25) is 0 Å². The van der Waals surface area contributed by atoms with E-state index in [4.69, 9.17) is 23.2 Å². The van der Waals surface area contributed by atoms with Crippen LogP contribution in [-0.2, 0) is 6.54 Å². The van der Waals surface area contributed by atoms with E-state index in [0.717, 1.165) is 5.56 Å². The molecule has 1 amide bonds. The summed E-state index contributed by atoms with van der Waals surface area (Å²) in [4.78, 5) is 16.5. The van der Waals surface area contributed by atoms with Crippen molar-refractivity contribution in [1.82, 2.24) is 10.3 Å². The Morgan fingerprint density at radius 2 is 1.80 bits per heavy atom. The van der Waals surface area contributed by atoms with Crippen LogP contribution in [0.1, 0.15) is 15.9 Å². The first kappa shape index (κ1) is 17.3. The summed E-state index contributed by atoms with van der Waals surface area (Å²) < 4.78 is 0. The minimum absolute atomic E-state index is 0.170. The molecule has 2 aromatic carbocycles. The summed E-state index contributed by atoms with van der Waals surface area (Å²) in [5.41, 5.74) is 2.22. The Morgan fingerprint density at radius 3 is 2.56 bits per heavy atom. The van der Waals surface area contributed by atoms with Gasteiger partial charge in [-0.2, -0.15) is 0 Å². The zero-order valence-corrected chi connectivity index (χ0v) is 14.7. The van der Waals surface area contributed by atoms with Crippen molar-refractivity contribution in [3.05, 3.63) is 88.0 Å². The maximum Gasteiger partial charge on any atom is 0.251 e. The van der Waals surface area contributed by atoms with Gasteiger partial charge in [0, 0.05) is 23.3 Å². The standard InChI is InChI=1S/C19H15Cl2N3O/c20-15-6-7-17(16(21)11-15)24-18-10-14(8-9-22-18)19(25)23-12-13-4-2-1-3-5-13/h1-11H,12H2,(H,22,24)(H,23,25). The lowest BCUT2D eigenvalue weighted by Crippen LogP contribution is -2.22. The van der Waals surface area contributed by atoms with E-state index >= 15 is 0 Å². The van der Waals surface area contributed by atoms with Gasteiger partial charge in [-0.3, -0.25) is 4.79 Å². The van der Waals surface area contributed by atoms with E-state index in [2.05, 4.69) is 15.6 Å². The smallest absolute Gasteiger partial charge is 0.251 e. The summed E-state index contributed by atoms with van der Waals surface area (Å²) in [6.07, 6.45) is 1.57. The summed E-state index contributed by atoms with van der Waals surface area (Å²) in [7, 11) is 0. The Hall–Kier alpha value is -2.56. The fourth-order valence-corrected chi connectivity index (χ4v) is 2.70. The molecule has 3 rings (SSSR count). The molecule has 25 heavy (non-hydrogen) atoms. The van der Waals surface area contributed by atoms with E-state index < -0.39 is 0 Å². The summed E-state index contributed by atoms with van der Waals surface area (Å²) in [5, 5.41) is 7.01. The second-order valence-corrected chi connectivity index (χ2v) is 6.19. The molecule has 1 heterocycles. The molecule has 3 aromatic rings. The van der Waals surface area contributed by atoms with E-state index in [0.29, 0.717) is 33.7 Å². The summed E-state index contributed by atoms with van der Waals surface area (Å²) >= 11 is 12.0. The van der Waals surface area contributed by atoms with Crippen LogP contribution < -0.4 is 10.6 Å². The Labute approximate surface area is 155 Å². The van der Waals surface area contributed by atoms with Crippen molar-refractivity contribution in [3.8, 4) is 0 Å². The van der Waals surface area contributed by atoms with Crippen LogP contribution in [0.25, 0.3) is 0 Å². The van der Waals surface area contributed by atoms with E-state index in [1.807, 2.05) is 30.3 Å². The Kier molecular flexibility index (Phi) is 5.53. The lowest BCUT2D eigenvalue weighted by atomic mass is 10.2. The van der Waals surface area contributed by atoms with Crippen molar-refractivity contribution < 1.29 is 4.79 Å². The highest BCUT2D eigenvalue weighted by Gasteiger charge is 2.08. The average molecular weight is 372 g/mol. The van der Waals surface area contributed by atoms with Crippen molar-refractivity contribution in [2.45, 2.75) is 6.54 Å². The van der Waals surface area contributed by atoms with Crippen LogP contribution >= 0.6 is 23.2 Å². The van der Waals surface area contributed by atoms with Crippen molar-refractivity contribution >= 4 is 40.6 Å². The van der Waals surface area contributed by atoms with Gasteiger partial charge in [0.05, 0.1) is 10.7 Å². The highest BCUT2D eigenvalue weighted by molar-refractivity contribution is 6.36. The predicted octanol–water partition coefficient (Wildman–Crippen LogP) is 5.06. The number of nitrogens with one attached hydrogen (secondary N) is 2. The molecule has 4 nitrogen and oxygen atoms in total. The fourth-order valence-electron chi connectivity index (χ4n) is 2.25. The molecule has 126 valence electrons. The van der Waals surface area contributed by atoms with E-state index in [1.165, 1.54) is 0 Å². The van der Waals surface area contributed by atoms with Crippen LogP contribution in [-0.4, -0.2) is 10.9 Å². The monoisotopic (exact) mass is 371 g/mol. The molecule has 0 radical (unpaired) electrons. The minimum Gasteiger partial charge on any atom is -0.348 e. The lowest BCUT2D eigenvalue weighted by molar-refractivity contribution is 0.0951. The molecule has 2 N–H and O–H groups in total. The van der Waals surface area contributed by atoms with Gasteiger partial charge in [-0.25, -0.2) is 4.98 Å². The molecule has 0 saturated heterocycles. The van der Waals surface area contributed by atoms with Crippen LogP contribution in [0.2, 0.25) is 10.0 Å². The van der Waals surface area contributed by atoms with Crippen LogP contribution in [0.3, 0.4) is 0 Å². The molecule has 0 bridgehead atoms. The van der Waals surface area contributed by atoms with Gasteiger partial charge >= 0.3 is 0 Å². The third-order valence-electron chi connectivity index (χ3n) is 3.51. The van der Waals surface area contributed by atoms with Gasteiger partial charge in [0.25, 0.3) is 5.91 Å². The van der Waals surface area contributed by atoms with Crippen LogP contribution in [0, 0.1) is 0 Å². The first-order valence-electron chi connectivity index (χ1n) is 7.62. The molecule has 0 fully saturated rings. The Morgan fingerprint density at radius 1 is 1.00 bits per heavy atom. The zero-order chi connectivity index (χ0) is 17.6. The number of aromatic nitrogens is 1. The molecule has 0 unspecified atom stereocenters. The second-order valence-electron chi connectivity index (χ2n) is 5.35. The number of pyridine rings is 1. The maximum atomic E-state index is 12.3. The van der Waals surface area contributed by atoms with Crippen molar-refractivity contribution in [2.24, 2.45) is 0 Å². The number of halogens is 2. The van der Waals surface area contributed by atoms with Gasteiger partial charge in [-0.15, -0.1) is 0 Å². The number of anilines is 2. The first-order valence-corrected chi connectivity index (χ1v) is 8.38.